The highest BCUT2D eigenvalue weighted by Gasteiger charge is 2.34. The highest BCUT2D eigenvalue weighted by Crippen LogP contribution is 2.28. The van der Waals surface area contributed by atoms with Crippen molar-refractivity contribution in [3.63, 3.8) is 0 Å². The topological polar surface area (TPSA) is 66.5 Å². The smallest absolute Gasteiger partial charge is 0.223 e. The quantitative estimate of drug-likeness (QED) is 0.689. The number of piperidine rings is 1. The van der Waals surface area contributed by atoms with Crippen LogP contribution in [0.4, 0.5) is 0 Å². The second-order valence-corrected chi connectivity index (χ2v) is 12.3. The van der Waals surface area contributed by atoms with E-state index in [1.807, 2.05) is 30.3 Å². The van der Waals surface area contributed by atoms with Gasteiger partial charge in [-0.2, -0.15) is 0 Å². The van der Waals surface area contributed by atoms with Gasteiger partial charge >= 0.3 is 0 Å². The molecule has 1 aliphatic rings. The summed E-state index contributed by atoms with van der Waals surface area (Å²) < 4.78 is 26.9. The predicted octanol–water partition coefficient (Wildman–Crippen LogP) is 3.99. The van der Waals surface area contributed by atoms with Gasteiger partial charge in [0.15, 0.2) is 0 Å². The van der Waals surface area contributed by atoms with Crippen LogP contribution < -0.4 is 5.32 Å². The zero-order valence-corrected chi connectivity index (χ0v) is 19.5. The molecule has 0 bridgehead atoms. The van der Waals surface area contributed by atoms with Gasteiger partial charge in [-0.3, -0.25) is 4.79 Å². The van der Waals surface area contributed by atoms with Gasteiger partial charge in [0.2, 0.25) is 15.9 Å². The maximum Gasteiger partial charge on any atom is 0.223 e. The van der Waals surface area contributed by atoms with Crippen LogP contribution in [-0.2, 0) is 21.2 Å². The number of rotatable bonds is 8. The number of hydrogen-bond acceptors (Lipinski definition) is 3. The second kappa shape index (κ2) is 9.61. The first kappa shape index (κ1) is 23.9. The molecular formula is C23H38N2O3S. The molecule has 1 saturated heterocycles. The molecule has 0 unspecified atom stereocenters. The van der Waals surface area contributed by atoms with Gasteiger partial charge in [0.25, 0.3) is 0 Å². The minimum atomic E-state index is -3.26. The Morgan fingerprint density at radius 3 is 2.21 bits per heavy atom. The standard InChI is InChI=1S/C23H38N2O3S/c1-22(2,3)18-23(4,5)24-21(26)20-13-15-25(16-14-20)29(27,28)17-9-12-19-10-7-6-8-11-19/h6-8,10-11,20H,9,12-18H2,1-5H3,(H,24,26). The summed E-state index contributed by atoms with van der Waals surface area (Å²) in [7, 11) is -3.26. The van der Waals surface area contributed by atoms with E-state index in [0.717, 1.165) is 18.4 Å². The van der Waals surface area contributed by atoms with E-state index in [2.05, 4.69) is 39.9 Å². The maximum absolute atomic E-state index is 12.7. The summed E-state index contributed by atoms with van der Waals surface area (Å²) in [6.07, 6.45) is 3.46. The van der Waals surface area contributed by atoms with Gasteiger partial charge in [-0.15, -0.1) is 0 Å². The van der Waals surface area contributed by atoms with Gasteiger partial charge in [-0.25, -0.2) is 12.7 Å². The number of carbonyl (C=O) groups excluding carboxylic acids is 1. The van der Waals surface area contributed by atoms with Gasteiger partial charge in [-0.05, 0) is 56.9 Å². The van der Waals surface area contributed by atoms with Gasteiger partial charge in [-0.1, -0.05) is 51.1 Å². The summed E-state index contributed by atoms with van der Waals surface area (Å²) in [6, 6.07) is 9.96. The lowest BCUT2D eigenvalue weighted by Crippen LogP contribution is -2.50. The number of nitrogens with one attached hydrogen (secondary N) is 1. The molecule has 5 nitrogen and oxygen atoms in total. The van der Waals surface area contributed by atoms with Crippen molar-refractivity contribution in [2.24, 2.45) is 11.3 Å². The molecule has 6 heteroatoms. The summed E-state index contributed by atoms with van der Waals surface area (Å²) in [5.74, 6) is 0.113. The van der Waals surface area contributed by atoms with Gasteiger partial charge in [0.05, 0.1) is 5.75 Å². The maximum atomic E-state index is 12.7. The predicted molar refractivity (Wildman–Crippen MR) is 119 cm³/mol. The summed E-state index contributed by atoms with van der Waals surface area (Å²) in [6.45, 7) is 11.5. The van der Waals surface area contributed by atoms with E-state index in [4.69, 9.17) is 0 Å². The molecule has 1 aromatic rings. The van der Waals surface area contributed by atoms with Gasteiger partial charge < -0.3 is 5.32 Å². The van der Waals surface area contributed by atoms with Gasteiger partial charge in [0, 0.05) is 24.5 Å². The van der Waals surface area contributed by atoms with Crippen LogP contribution in [0.1, 0.15) is 65.9 Å². The number of nitrogens with zero attached hydrogens (tertiary/aromatic N) is 1. The third-order valence-electron chi connectivity index (χ3n) is 5.36. The van der Waals surface area contributed by atoms with Crippen molar-refractivity contribution in [1.82, 2.24) is 9.62 Å². The molecule has 1 fully saturated rings. The third-order valence-corrected chi connectivity index (χ3v) is 7.32. The van der Waals surface area contributed by atoms with Crippen LogP contribution >= 0.6 is 0 Å². The molecule has 0 atom stereocenters. The fraction of sp³-hybridized carbons (Fsp3) is 0.696. The van der Waals surface area contributed by atoms with Crippen molar-refractivity contribution in [3.05, 3.63) is 35.9 Å². The SMILES string of the molecule is CC(C)(C)CC(C)(C)NC(=O)C1CCN(S(=O)(=O)CCCc2ccccc2)CC1. The lowest BCUT2D eigenvalue weighted by atomic mass is 9.81. The average molecular weight is 423 g/mol. The molecule has 1 N–H and O–H groups in total. The van der Waals surface area contributed by atoms with Crippen molar-refractivity contribution in [2.75, 3.05) is 18.8 Å². The Morgan fingerprint density at radius 2 is 1.66 bits per heavy atom. The number of aryl methyl sites for hydroxylation is 1. The summed E-state index contributed by atoms with van der Waals surface area (Å²) in [5, 5.41) is 3.18. The number of benzene rings is 1. The van der Waals surface area contributed by atoms with E-state index in [1.54, 1.807) is 4.31 Å². The zero-order chi connectivity index (χ0) is 21.7. The van der Waals surface area contributed by atoms with Crippen LogP contribution in [-0.4, -0.2) is 43.0 Å². The van der Waals surface area contributed by atoms with Crippen LogP contribution in [0.25, 0.3) is 0 Å². The molecule has 0 aliphatic carbocycles. The molecule has 0 radical (unpaired) electrons. The van der Waals surface area contributed by atoms with Crippen molar-refractivity contribution < 1.29 is 13.2 Å². The van der Waals surface area contributed by atoms with E-state index in [0.29, 0.717) is 32.4 Å². The molecule has 164 valence electrons. The summed E-state index contributed by atoms with van der Waals surface area (Å²) in [4.78, 5) is 12.7. The van der Waals surface area contributed by atoms with Crippen LogP contribution in [0.3, 0.4) is 0 Å². The Bertz CT molecular complexity index is 759. The number of hydrogen-bond donors (Lipinski definition) is 1. The van der Waals surface area contributed by atoms with E-state index in [-0.39, 0.29) is 28.5 Å². The zero-order valence-electron chi connectivity index (χ0n) is 18.7. The summed E-state index contributed by atoms with van der Waals surface area (Å²) >= 11 is 0. The number of amides is 1. The monoisotopic (exact) mass is 422 g/mol. The highest BCUT2D eigenvalue weighted by atomic mass is 32.2. The normalized spacial score (nSPS) is 17.3. The molecule has 1 heterocycles. The highest BCUT2D eigenvalue weighted by molar-refractivity contribution is 7.89. The third kappa shape index (κ3) is 8.09. The molecule has 0 saturated carbocycles. The molecular weight excluding hydrogens is 384 g/mol. The van der Waals surface area contributed by atoms with Crippen LogP contribution in [0.2, 0.25) is 0 Å². The molecule has 1 amide bonds. The van der Waals surface area contributed by atoms with Crippen LogP contribution in [0, 0.1) is 11.3 Å². The van der Waals surface area contributed by atoms with Crippen molar-refractivity contribution in [1.29, 1.82) is 0 Å². The number of carbonyl (C=O) groups is 1. The second-order valence-electron chi connectivity index (χ2n) is 10.2. The fourth-order valence-electron chi connectivity index (χ4n) is 4.43. The first-order valence-corrected chi connectivity index (χ1v) is 12.3. The van der Waals surface area contributed by atoms with Gasteiger partial charge in [0.1, 0.15) is 0 Å². The first-order chi connectivity index (χ1) is 13.4. The van der Waals surface area contributed by atoms with Crippen LogP contribution in [0.15, 0.2) is 30.3 Å². The largest absolute Gasteiger partial charge is 0.351 e. The van der Waals surface area contributed by atoms with Crippen molar-refractivity contribution in [2.45, 2.75) is 72.3 Å². The van der Waals surface area contributed by atoms with E-state index < -0.39 is 10.0 Å². The van der Waals surface area contributed by atoms with Crippen LogP contribution in [0.5, 0.6) is 0 Å². The molecule has 1 aromatic carbocycles. The minimum absolute atomic E-state index is 0.0559. The molecule has 29 heavy (non-hydrogen) atoms. The Balaban J connectivity index is 1.80. The van der Waals surface area contributed by atoms with E-state index >= 15 is 0 Å². The van der Waals surface area contributed by atoms with E-state index in [9.17, 15) is 13.2 Å². The minimum Gasteiger partial charge on any atom is -0.351 e. The van der Waals surface area contributed by atoms with Crippen molar-refractivity contribution >= 4 is 15.9 Å². The fourth-order valence-corrected chi connectivity index (χ4v) is 5.97. The Kier molecular flexibility index (Phi) is 7.91. The Hall–Kier alpha value is -1.40. The lowest BCUT2D eigenvalue weighted by Gasteiger charge is -2.36. The Morgan fingerprint density at radius 1 is 1.07 bits per heavy atom. The molecule has 1 aliphatic heterocycles. The molecule has 2 rings (SSSR count). The Labute approximate surface area is 177 Å². The molecule has 0 aromatic heterocycles. The lowest BCUT2D eigenvalue weighted by molar-refractivity contribution is -0.128. The number of sulfonamides is 1. The summed E-state index contributed by atoms with van der Waals surface area (Å²) in [5.41, 5.74) is 1.03. The van der Waals surface area contributed by atoms with E-state index in [1.165, 1.54) is 0 Å². The van der Waals surface area contributed by atoms with Crippen molar-refractivity contribution in [3.8, 4) is 0 Å². The first-order valence-electron chi connectivity index (χ1n) is 10.7. The molecule has 0 spiro atoms. The average Bonchev–Trinajstić information content (AvgIpc) is 2.60.